The maximum Gasteiger partial charge on any atom is 0.329 e. The molecule has 3 N–H and O–H groups in total. The van der Waals surface area contributed by atoms with Gasteiger partial charge in [0, 0.05) is 11.3 Å². The van der Waals surface area contributed by atoms with Crippen molar-refractivity contribution in [1.82, 2.24) is 5.32 Å². The molecule has 0 spiro atoms. The summed E-state index contributed by atoms with van der Waals surface area (Å²) in [6.07, 6.45) is 0.902. The molecule has 1 aromatic carbocycles. The first-order valence-electron chi connectivity index (χ1n) is 6.90. The van der Waals surface area contributed by atoms with E-state index in [-0.39, 0.29) is 5.91 Å². The number of nitrogens with one attached hydrogen (secondary N) is 2. The highest BCUT2D eigenvalue weighted by molar-refractivity contribution is 6.03. The van der Waals surface area contributed by atoms with Crippen molar-refractivity contribution in [1.29, 1.82) is 0 Å². The molecule has 0 fully saturated rings. The molecule has 0 unspecified atom stereocenters. The van der Waals surface area contributed by atoms with Crippen LogP contribution in [0.25, 0.3) is 0 Å². The number of hydrogen-bond donors (Lipinski definition) is 3. The van der Waals surface area contributed by atoms with Gasteiger partial charge in [-0.1, -0.05) is 19.9 Å². The number of anilines is 1. The number of benzene rings is 1. The van der Waals surface area contributed by atoms with Crippen LogP contribution in [0.4, 0.5) is 5.69 Å². The first-order valence-corrected chi connectivity index (χ1v) is 6.90. The molecular formula is C15H18N2O4. The number of carbonyl (C=O) groups is 3. The lowest BCUT2D eigenvalue weighted by atomic mass is 9.92. The number of rotatable bonds is 5. The monoisotopic (exact) mass is 290 g/mol. The van der Waals surface area contributed by atoms with Gasteiger partial charge in [-0.25, -0.2) is 4.79 Å². The van der Waals surface area contributed by atoms with Gasteiger partial charge in [0.25, 0.3) is 5.91 Å². The van der Waals surface area contributed by atoms with E-state index in [9.17, 15) is 19.5 Å². The van der Waals surface area contributed by atoms with Gasteiger partial charge < -0.3 is 15.7 Å². The zero-order chi connectivity index (χ0) is 15.6. The van der Waals surface area contributed by atoms with Crippen molar-refractivity contribution in [3.8, 4) is 0 Å². The van der Waals surface area contributed by atoms with Gasteiger partial charge in [0.15, 0.2) is 0 Å². The van der Waals surface area contributed by atoms with Crippen molar-refractivity contribution >= 4 is 23.5 Å². The Kier molecular flexibility index (Phi) is 3.97. The second-order valence-corrected chi connectivity index (χ2v) is 5.15. The number of fused-ring (bicyclic) bond motifs is 1. The highest BCUT2D eigenvalue weighted by Crippen LogP contribution is 2.24. The smallest absolute Gasteiger partial charge is 0.329 e. The SMILES string of the molecule is CCC(CC)(NC(=O)c1ccc2c(c1)NC(=O)C2)C(=O)O. The number of carboxylic acids is 1. The van der Waals surface area contributed by atoms with Crippen LogP contribution in [0.3, 0.4) is 0 Å². The quantitative estimate of drug-likeness (QED) is 0.766. The summed E-state index contributed by atoms with van der Waals surface area (Å²) in [5, 5.41) is 14.6. The predicted octanol–water partition coefficient (Wildman–Crippen LogP) is 1.55. The minimum atomic E-state index is -1.26. The number of carbonyl (C=O) groups excluding carboxylic acids is 2. The fourth-order valence-electron chi connectivity index (χ4n) is 2.43. The Hall–Kier alpha value is -2.37. The predicted molar refractivity (Wildman–Crippen MR) is 77.2 cm³/mol. The minimum Gasteiger partial charge on any atom is -0.480 e. The Morgan fingerprint density at radius 3 is 2.57 bits per heavy atom. The van der Waals surface area contributed by atoms with Crippen LogP contribution in [0.2, 0.25) is 0 Å². The summed E-state index contributed by atoms with van der Waals surface area (Å²) < 4.78 is 0. The van der Waals surface area contributed by atoms with E-state index in [1.165, 1.54) is 0 Å². The molecule has 2 amide bonds. The molecule has 1 aliphatic rings. The van der Waals surface area contributed by atoms with E-state index in [1.54, 1.807) is 32.0 Å². The standard InChI is InChI=1S/C15H18N2O4/c1-3-15(4-2,14(20)21)17-13(19)10-6-5-9-8-12(18)16-11(9)7-10/h5-7H,3-4,8H2,1-2H3,(H,16,18)(H,17,19)(H,20,21). The molecule has 6 nitrogen and oxygen atoms in total. The van der Waals surface area contributed by atoms with Gasteiger partial charge in [-0.05, 0) is 30.5 Å². The normalized spacial score (nSPS) is 13.5. The summed E-state index contributed by atoms with van der Waals surface area (Å²) in [7, 11) is 0. The van der Waals surface area contributed by atoms with E-state index in [1.807, 2.05) is 0 Å². The molecule has 2 rings (SSSR count). The van der Waals surface area contributed by atoms with E-state index in [4.69, 9.17) is 0 Å². The summed E-state index contributed by atoms with van der Waals surface area (Å²) in [5.41, 5.74) is 0.524. The van der Waals surface area contributed by atoms with E-state index in [2.05, 4.69) is 10.6 Å². The van der Waals surface area contributed by atoms with Crippen molar-refractivity contribution in [3.05, 3.63) is 29.3 Å². The van der Waals surface area contributed by atoms with Crippen LogP contribution in [0.1, 0.15) is 42.6 Å². The second kappa shape index (κ2) is 5.55. The highest BCUT2D eigenvalue weighted by Gasteiger charge is 2.36. The Balaban J connectivity index is 2.23. The fraction of sp³-hybridized carbons (Fsp3) is 0.400. The fourth-order valence-corrected chi connectivity index (χ4v) is 2.43. The van der Waals surface area contributed by atoms with Crippen molar-refractivity contribution < 1.29 is 19.5 Å². The molecule has 21 heavy (non-hydrogen) atoms. The summed E-state index contributed by atoms with van der Waals surface area (Å²) in [5.74, 6) is -1.61. The van der Waals surface area contributed by atoms with Gasteiger partial charge in [-0.2, -0.15) is 0 Å². The summed E-state index contributed by atoms with van der Waals surface area (Å²) in [6.45, 7) is 3.45. The number of aliphatic carboxylic acids is 1. The van der Waals surface area contributed by atoms with E-state index in [0.29, 0.717) is 30.5 Å². The summed E-state index contributed by atoms with van der Waals surface area (Å²) >= 11 is 0. The van der Waals surface area contributed by atoms with Crippen LogP contribution in [-0.2, 0) is 16.0 Å². The van der Waals surface area contributed by atoms with Crippen LogP contribution in [-0.4, -0.2) is 28.4 Å². The number of carboxylic acid groups (broad SMARTS) is 1. The average molecular weight is 290 g/mol. The van der Waals surface area contributed by atoms with Crippen molar-refractivity contribution in [2.75, 3.05) is 5.32 Å². The molecule has 0 atom stereocenters. The third kappa shape index (κ3) is 2.74. The Bertz CT molecular complexity index is 606. The molecule has 1 aromatic rings. The molecule has 112 valence electrons. The van der Waals surface area contributed by atoms with Crippen LogP contribution in [0.5, 0.6) is 0 Å². The lowest BCUT2D eigenvalue weighted by Crippen LogP contribution is -2.53. The van der Waals surface area contributed by atoms with Gasteiger partial charge in [-0.15, -0.1) is 0 Å². The van der Waals surface area contributed by atoms with Crippen molar-refractivity contribution in [2.45, 2.75) is 38.6 Å². The molecular weight excluding hydrogens is 272 g/mol. The Morgan fingerprint density at radius 1 is 1.33 bits per heavy atom. The third-order valence-corrected chi connectivity index (χ3v) is 3.97. The van der Waals surface area contributed by atoms with Crippen LogP contribution in [0.15, 0.2) is 18.2 Å². The second-order valence-electron chi connectivity index (χ2n) is 5.15. The van der Waals surface area contributed by atoms with E-state index in [0.717, 1.165) is 5.56 Å². The average Bonchev–Trinajstić information content (AvgIpc) is 2.83. The lowest BCUT2D eigenvalue weighted by molar-refractivity contribution is -0.144. The van der Waals surface area contributed by atoms with Crippen LogP contribution < -0.4 is 10.6 Å². The van der Waals surface area contributed by atoms with Crippen LogP contribution >= 0.6 is 0 Å². The Morgan fingerprint density at radius 2 is 2.00 bits per heavy atom. The van der Waals surface area contributed by atoms with Crippen molar-refractivity contribution in [3.63, 3.8) is 0 Å². The summed E-state index contributed by atoms with van der Waals surface area (Å²) in [6, 6.07) is 4.89. The molecule has 0 aliphatic carbocycles. The van der Waals surface area contributed by atoms with Gasteiger partial charge in [0.2, 0.25) is 5.91 Å². The third-order valence-electron chi connectivity index (χ3n) is 3.97. The zero-order valence-corrected chi connectivity index (χ0v) is 12.0. The maximum absolute atomic E-state index is 12.3. The summed E-state index contributed by atoms with van der Waals surface area (Å²) in [4.78, 5) is 35.0. The molecule has 0 saturated carbocycles. The lowest BCUT2D eigenvalue weighted by Gasteiger charge is -2.28. The van der Waals surface area contributed by atoms with E-state index >= 15 is 0 Å². The minimum absolute atomic E-state index is 0.107. The van der Waals surface area contributed by atoms with Crippen LogP contribution in [0, 0.1) is 0 Å². The van der Waals surface area contributed by atoms with E-state index < -0.39 is 17.4 Å². The van der Waals surface area contributed by atoms with Gasteiger partial charge >= 0.3 is 5.97 Å². The molecule has 0 saturated heterocycles. The molecule has 0 aromatic heterocycles. The van der Waals surface area contributed by atoms with Gasteiger partial charge in [-0.3, -0.25) is 9.59 Å². The first-order chi connectivity index (χ1) is 9.91. The zero-order valence-electron chi connectivity index (χ0n) is 12.0. The largest absolute Gasteiger partial charge is 0.480 e. The first kappa shape index (κ1) is 15.0. The van der Waals surface area contributed by atoms with Gasteiger partial charge in [0.1, 0.15) is 5.54 Å². The molecule has 1 aliphatic heterocycles. The number of amides is 2. The maximum atomic E-state index is 12.3. The molecule has 0 bridgehead atoms. The Labute approximate surface area is 122 Å². The molecule has 6 heteroatoms. The number of hydrogen-bond acceptors (Lipinski definition) is 3. The molecule has 0 radical (unpaired) electrons. The topological polar surface area (TPSA) is 95.5 Å². The van der Waals surface area contributed by atoms with Gasteiger partial charge in [0.05, 0.1) is 6.42 Å². The molecule has 1 heterocycles. The van der Waals surface area contributed by atoms with Crippen molar-refractivity contribution in [2.24, 2.45) is 0 Å². The highest BCUT2D eigenvalue weighted by atomic mass is 16.4.